The summed E-state index contributed by atoms with van der Waals surface area (Å²) in [6, 6.07) is 8.61. The third kappa shape index (κ3) is 3.52. The second-order valence-electron chi connectivity index (χ2n) is 3.89. The van der Waals surface area contributed by atoms with Crippen molar-refractivity contribution in [2.45, 2.75) is 24.4 Å². The van der Waals surface area contributed by atoms with Gasteiger partial charge in [0.1, 0.15) is 0 Å². The van der Waals surface area contributed by atoms with Crippen LogP contribution in [0, 0.1) is 0 Å². The minimum Gasteiger partial charge on any atom is -0.493 e. The summed E-state index contributed by atoms with van der Waals surface area (Å²) >= 11 is 7.23. The van der Waals surface area contributed by atoms with E-state index in [9.17, 15) is 9.90 Å². The van der Waals surface area contributed by atoms with Crippen LogP contribution in [0.25, 0.3) is 0 Å². The van der Waals surface area contributed by atoms with Crippen LogP contribution in [-0.2, 0) is 12.3 Å². The van der Waals surface area contributed by atoms with Crippen molar-refractivity contribution in [3.05, 3.63) is 51.3 Å². The van der Waals surface area contributed by atoms with Crippen molar-refractivity contribution in [3.63, 3.8) is 0 Å². The molecule has 0 atom stereocenters. The van der Waals surface area contributed by atoms with Crippen molar-refractivity contribution >= 4 is 23.4 Å². The van der Waals surface area contributed by atoms with Crippen molar-refractivity contribution in [2.75, 3.05) is 0 Å². The van der Waals surface area contributed by atoms with Crippen LogP contribution < -0.4 is 5.56 Å². The molecule has 0 unspecified atom stereocenters. The summed E-state index contributed by atoms with van der Waals surface area (Å²) in [5.74, 6) is 0.417. The lowest BCUT2D eigenvalue weighted by molar-refractivity contribution is 0.434. The van der Waals surface area contributed by atoms with Gasteiger partial charge >= 0.3 is 0 Å². The zero-order chi connectivity index (χ0) is 13.8. The van der Waals surface area contributed by atoms with Gasteiger partial charge in [0.05, 0.1) is 6.07 Å². The predicted octanol–water partition coefficient (Wildman–Crippen LogP) is 2.91. The minimum atomic E-state index is -0.242. The average molecular weight is 297 g/mol. The molecule has 1 N–H and O–H groups in total. The van der Waals surface area contributed by atoms with Crippen molar-refractivity contribution < 1.29 is 5.11 Å². The number of halogens is 1. The fourth-order valence-corrected chi connectivity index (χ4v) is 2.75. The molecule has 0 saturated heterocycles. The van der Waals surface area contributed by atoms with E-state index in [0.717, 1.165) is 11.6 Å². The summed E-state index contributed by atoms with van der Waals surface area (Å²) in [7, 11) is 0. The highest BCUT2D eigenvalue weighted by Crippen LogP contribution is 2.22. The molecule has 1 heterocycles. The van der Waals surface area contributed by atoms with E-state index < -0.39 is 0 Å². The molecule has 0 radical (unpaired) electrons. The molecular formula is C13H13ClN2O2S. The second kappa shape index (κ2) is 6.12. The molecule has 6 heteroatoms. The van der Waals surface area contributed by atoms with E-state index in [-0.39, 0.29) is 11.4 Å². The van der Waals surface area contributed by atoms with Gasteiger partial charge in [-0.15, -0.1) is 0 Å². The molecule has 100 valence electrons. The molecule has 1 aromatic carbocycles. The Hall–Kier alpha value is -1.46. The molecular weight excluding hydrogens is 284 g/mol. The van der Waals surface area contributed by atoms with Crippen LogP contribution in [0.5, 0.6) is 5.88 Å². The highest BCUT2D eigenvalue weighted by atomic mass is 35.5. The quantitative estimate of drug-likeness (QED) is 0.696. The summed E-state index contributed by atoms with van der Waals surface area (Å²) in [5.41, 5.74) is 0.836. The topological polar surface area (TPSA) is 55.1 Å². The maximum Gasteiger partial charge on any atom is 0.257 e. The zero-order valence-electron chi connectivity index (χ0n) is 10.3. The molecule has 0 saturated carbocycles. The Bertz CT molecular complexity index is 626. The first-order chi connectivity index (χ1) is 9.10. The molecule has 19 heavy (non-hydrogen) atoms. The molecule has 2 aromatic rings. The third-order valence-electron chi connectivity index (χ3n) is 2.56. The van der Waals surface area contributed by atoms with Crippen molar-refractivity contribution in [1.82, 2.24) is 9.55 Å². The SMILES string of the molecule is CCn1c(SCc2ccc(Cl)cc2)nc(O)cc1=O. The molecule has 0 aliphatic carbocycles. The molecule has 4 nitrogen and oxygen atoms in total. The van der Waals surface area contributed by atoms with E-state index in [2.05, 4.69) is 4.98 Å². The first kappa shape index (κ1) is 14.0. The monoisotopic (exact) mass is 296 g/mol. The van der Waals surface area contributed by atoms with Crippen LogP contribution in [0.2, 0.25) is 5.02 Å². The fourth-order valence-electron chi connectivity index (χ4n) is 1.60. The first-order valence-electron chi connectivity index (χ1n) is 5.78. The predicted molar refractivity (Wildman–Crippen MR) is 76.8 cm³/mol. The zero-order valence-corrected chi connectivity index (χ0v) is 11.9. The van der Waals surface area contributed by atoms with Crippen molar-refractivity contribution in [2.24, 2.45) is 0 Å². The molecule has 0 aliphatic heterocycles. The van der Waals surface area contributed by atoms with Gasteiger partial charge in [-0.2, -0.15) is 4.98 Å². The molecule has 0 fully saturated rings. The Labute approximate surface area is 120 Å². The Morgan fingerprint density at radius 2 is 2.05 bits per heavy atom. The number of rotatable bonds is 4. The first-order valence-corrected chi connectivity index (χ1v) is 7.14. The van der Waals surface area contributed by atoms with Crippen LogP contribution in [0.3, 0.4) is 0 Å². The lowest BCUT2D eigenvalue weighted by atomic mass is 10.2. The fraction of sp³-hybridized carbons (Fsp3) is 0.231. The van der Waals surface area contributed by atoms with Crippen molar-refractivity contribution in [3.8, 4) is 5.88 Å². The summed E-state index contributed by atoms with van der Waals surface area (Å²) in [6.07, 6.45) is 0. The highest BCUT2D eigenvalue weighted by Gasteiger charge is 2.07. The normalized spacial score (nSPS) is 10.6. The highest BCUT2D eigenvalue weighted by molar-refractivity contribution is 7.98. The van der Waals surface area contributed by atoms with E-state index in [1.807, 2.05) is 31.2 Å². The summed E-state index contributed by atoms with van der Waals surface area (Å²) in [5, 5.41) is 10.6. The Morgan fingerprint density at radius 3 is 2.68 bits per heavy atom. The summed E-state index contributed by atoms with van der Waals surface area (Å²) < 4.78 is 1.53. The van der Waals surface area contributed by atoms with Gasteiger partial charge in [-0.1, -0.05) is 35.5 Å². The molecule has 0 bridgehead atoms. The van der Waals surface area contributed by atoms with Gasteiger partial charge in [0, 0.05) is 17.3 Å². The second-order valence-corrected chi connectivity index (χ2v) is 5.27. The number of aromatic nitrogens is 2. The average Bonchev–Trinajstić information content (AvgIpc) is 2.37. The Kier molecular flexibility index (Phi) is 4.50. The van der Waals surface area contributed by atoms with E-state index >= 15 is 0 Å². The summed E-state index contributed by atoms with van der Waals surface area (Å²) in [6.45, 7) is 2.39. The summed E-state index contributed by atoms with van der Waals surface area (Å²) in [4.78, 5) is 15.7. The number of nitrogens with zero attached hydrogens (tertiary/aromatic N) is 2. The molecule has 0 aliphatic rings. The van der Waals surface area contributed by atoms with Crippen LogP contribution in [0.15, 0.2) is 40.3 Å². The van der Waals surface area contributed by atoms with Crippen LogP contribution in [0.4, 0.5) is 0 Å². The molecule has 2 rings (SSSR count). The van der Waals surface area contributed by atoms with Gasteiger partial charge in [-0.05, 0) is 24.6 Å². The Balaban J connectivity index is 2.19. The van der Waals surface area contributed by atoms with Gasteiger partial charge < -0.3 is 5.11 Å². The standard InChI is InChI=1S/C13H13ClN2O2S/c1-2-16-12(18)7-11(17)15-13(16)19-8-9-3-5-10(14)6-4-9/h3-7,17H,2,8H2,1H3. The van der Waals surface area contributed by atoms with Crippen LogP contribution in [-0.4, -0.2) is 14.7 Å². The smallest absolute Gasteiger partial charge is 0.257 e. The Morgan fingerprint density at radius 1 is 1.37 bits per heavy atom. The van der Waals surface area contributed by atoms with Gasteiger partial charge in [0.25, 0.3) is 5.56 Å². The van der Waals surface area contributed by atoms with Crippen LogP contribution in [0.1, 0.15) is 12.5 Å². The number of aromatic hydroxyl groups is 1. The number of hydrogen-bond donors (Lipinski definition) is 1. The maximum absolute atomic E-state index is 11.7. The molecule has 1 aromatic heterocycles. The largest absolute Gasteiger partial charge is 0.493 e. The lowest BCUT2D eigenvalue weighted by Crippen LogP contribution is -2.20. The van der Waals surface area contributed by atoms with E-state index in [1.165, 1.54) is 16.3 Å². The number of benzene rings is 1. The van der Waals surface area contributed by atoms with Crippen LogP contribution >= 0.6 is 23.4 Å². The van der Waals surface area contributed by atoms with Gasteiger partial charge in [-0.25, -0.2) is 0 Å². The van der Waals surface area contributed by atoms with E-state index in [4.69, 9.17) is 11.6 Å². The molecule has 0 amide bonds. The van der Waals surface area contributed by atoms with Gasteiger partial charge in [0.15, 0.2) is 5.16 Å². The van der Waals surface area contributed by atoms with Gasteiger partial charge in [0.2, 0.25) is 5.88 Å². The number of hydrogen-bond acceptors (Lipinski definition) is 4. The third-order valence-corrected chi connectivity index (χ3v) is 3.86. The number of thioether (sulfide) groups is 1. The van der Waals surface area contributed by atoms with Gasteiger partial charge in [-0.3, -0.25) is 9.36 Å². The van der Waals surface area contributed by atoms with E-state index in [1.54, 1.807) is 0 Å². The van der Waals surface area contributed by atoms with Crippen molar-refractivity contribution in [1.29, 1.82) is 0 Å². The molecule has 0 spiro atoms. The van der Waals surface area contributed by atoms with E-state index in [0.29, 0.717) is 22.5 Å². The lowest BCUT2D eigenvalue weighted by Gasteiger charge is -2.09. The maximum atomic E-state index is 11.7. The minimum absolute atomic E-state index is 0.242.